The van der Waals surface area contributed by atoms with Gasteiger partial charge in [0.05, 0.1) is 20.3 Å². The number of nitrogens with one attached hydrogen (secondary N) is 1. The van der Waals surface area contributed by atoms with Crippen molar-refractivity contribution in [3.05, 3.63) is 23.8 Å². The van der Waals surface area contributed by atoms with Crippen LogP contribution in [0.5, 0.6) is 11.5 Å². The minimum Gasteiger partial charge on any atom is -0.497 e. The Kier molecular flexibility index (Phi) is 5.45. The average molecular weight is 252 g/mol. The van der Waals surface area contributed by atoms with Gasteiger partial charge in [-0.3, -0.25) is 4.79 Å². The lowest BCUT2D eigenvalue weighted by Crippen LogP contribution is -2.39. The zero-order valence-corrected chi connectivity index (χ0v) is 11.0. The molecule has 0 heterocycles. The Morgan fingerprint density at radius 3 is 2.67 bits per heavy atom. The fraction of sp³-hybridized carbons (Fsp3) is 0.462. The van der Waals surface area contributed by atoms with Crippen LogP contribution >= 0.6 is 0 Å². The van der Waals surface area contributed by atoms with Crippen molar-refractivity contribution in [1.82, 2.24) is 5.32 Å². The van der Waals surface area contributed by atoms with E-state index >= 15 is 0 Å². The molecule has 0 saturated heterocycles. The Bertz CT molecular complexity index is 407. The molecule has 0 aromatic heterocycles. The summed E-state index contributed by atoms with van der Waals surface area (Å²) in [4.78, 5) is 11.6. The molecule has 100 valence electrons. The lowest BCUT2D eigenvalue weighted by molar-refractivity contribution is -0.122. The predicted octanol–water partition coefficient (Wildman–Crippen LogP) is 1.06. The quantitative estimate of drug-likeness (QED) is 0.794. The molecule has 0 aliphatic rings. The van der Waals surface area contributed by atoms with Gasteiger partial charge in [0.15, 0.2) is 0 Å². The highest BCUT2D eigenvalue weighted by atomic mass is 16.5. The van der Waals surface area contributed by atoms with Crippen LogP contribution in [-0.4, -0.2) is 26.2 Å². The maximum atomic E-state index is 11.6. The smallest absolute Gasteiger partial charge is 0.237 e. The van der Waals surface area contributed by atoms with Crippen molar-refractivity contribution in [2.24, 2.45) is 5.73 Å². The molecular formula is C13H20N2O3. The molecular weight excluding hydrogens is 232 g/mol. The van der Waals surface area contributed by atoms with Crippen molar-refractivity contribution >= 4 is 5.91 Å². The van der Waals surface area contributed by atoms with Crippen LogP contribution in [0.15, 0.2) is 18.2 Å². The first kappa shape index (κ1) is 14.3. The van der Waals surface area contributed by atoms with Gasteiger partial charge in [0.1, 0.15) is 11.5 Å². The number of amides is 1. The molecule has 0 fully saturated rings. The molecule has 1 atom stereocenters. The van der Waals surface area contributed by atoms with E-state index in [2.05, 4.69) is 5.32 Å². The highest BCUT2D eigenvalue weighted by molar-refractivity contribution is 5.81. The Balaban J connectivity index is 2.70. The summed E-state index contributed by atoms with van der Waals surface area (Å²) in [6, 6.07) is 5.00. The van der Waals surface area contributed by atoms with Crippen LogP contribution in [0.25, 0.3) is 0 Å². The number of rotatable bonds is 6. The molecule has 5 nitrogen and oxygen atoms in total. The van der Waals surface area contributed by atoms with Crippen LogP contribution < -0.4 is 20.5 Å². The van der Waals surface area contributed by atoms with E-state index in [9.17, 15) is 4.79 Å². The molecule has 1 aromatic rings. The number of nitrogens with two attached hydrogens (primary N) is 1. The first-order valence-corrected chi connectivity index (χ1v) is 5.86. The van der Waals surface area contributed by atoms with Gasteiger partial charge in [-0.2, -0.15) is 0 Å². The monoisotopic (exact) mass is 252 g/mol. The van der Waals surface area contributed by atoms with Crippen molar-refractivity contribution in [3.8, 4) is 11.5 Å². The van der Waals surface area contributed by atoms with E-state index in [1.165, 1.54) is 0 Å². The summed E-state index contributed by atoms with van der Waals surface area (Å²) in [6.45, 7) is 2.26. The molecule has 0 saturated carbocycles. The van der Waals surface area contributed by atoms with E-state index in [4.69, 9.17) is 15.2 Å². The first-order chi connectivity index (χ1) is 8.62. The molecule has 0 spiro atoms. The summed E-state index contributed by atoms with van der Waals surface area (Å²) in [5.41, 5.74) is 6.52. The number of carbonyl (C=O) groups is 1. The lowest BCUT2D eigenvalue weighted by Gasteiger charge is -2.13. The van der Waals surface area contributed by atoms with E-state index in [0.29, 0.717) is 24.5 Å². The van der Waals surface area contributed by atoms with Gasteiger partial charge in [0.25, 0.3) is 0 Å². The number of benzene rings is 1. The molecule has 0 aliphatic carbocycles. The van der Waals surface area contributed by atoms with Crippen molar-refractivity contribution in [3.63, 3.8) is 0 Å². The van der Waals surface area contributed by atoms with Gasteiger partial charge in [0.2, 0.25) is 5.91 Å². The van der Waals surface area contributed by atoms with E-state index in [-0.39, 0.29) is 5.91 Å². The van der Waals surface area contributed by atoms with Crippen molar-refractivity contribution in [1.29, 1.82) is 0 Å². The Hall–Kier alpha value is -1.75. The molecule has 18 heavy (non-hydrogen) atoms. The molecule has 3 N–H and O–H groups in total. The summed E-state index contributed by atoms with van der Waals surface area (Å²) in [5, 5.41) is 2.78. The van der Waals surface area contributed by atoms with Crippen LogP contribution in [0.1, 0.15) is 18.9 Å². The Labute approximate surface area is 107 Å². The number of ether oxygens (including phenoxy) is 2. The number of hydrogen-bond donors (Lipinski definition) is 2. The fourth-order valence-corrected chi connectivity index (χ4v) is 1.50. The Morgan fingerprint density at radius 2 is 2.11 bits per heavy atom. The highest BCUT2D eigenvalue weighted by Crippen LogP contribution is 2.24. The summed E-state index contributed by atoms with van der Waals surface area (Å²) in [5.74, 6) is 1.24. The summed E-state index contributed by atoms with van der Waals surface area (Å²) < 4.78 is 10.3. The third kappa shape index (κ3) is 3.63. The second kappa shape index (κ2) is 6.86. The van der Waals surface area contributed by atoms with Crippen LogP contribution in [0.3, 0.4) is 0 Å². The zero-order valence-electron chi connectivity index (χ0n) is 11.0. The lowest BCUT2D eigenvalue weighted by atomic mass is 10.1. The maximum absolute atomic E-state index is 11.6. The summed E-state index contributed by atoms with van der Waals surface area (Å²) in [6.07, 6.45) is 0.617. The van der Waals surface area contributed by atoms with Gasteiger partial charge in [0, 0.05) is 18.2 Å². The molecule has 1 rings (SSSR count). The zero-order chi connectivity index (χ0) is 13.5. The number of carbonyl (C=O) groups excluding carboxylic acids is 1. The van der Waals surface area contributed by atoms with E-state index in [1.807, 2.05) is 19.1 Å². The summed E-state index contributed by atoms with van der Waals surface area (Å²) in [7, 11) is 3.17. The molecule has 0 aliphatic heterocycles. The number of hydrogen-bond acceptors (Lipinski definition) is 4. The predicted molar refractivity (Wildman–Crippen MR) is 69.7 cm³/mol. The van der Waals surface area contributed by atoms with Gasteiger partial charge in [-0.1, -0.05) is 6.92 Å². The second-order valence-corrected chi connectivity index (χ2v) is 3.91. The normalized spacial score (nSPS) is 11.8. The van der Waals surface area contributed by atoms with E-state index < -0.39 is 6.04 Å². The third-order valence-corrected chi connectivity index (χ3v) is 2.72. The van der Waals surface area contributed by atoms with E-state index in [1.54, 1.807) is 20.3 Å². The fourth-order valence-electron chi connectivity index (χ4n) is 1.50. The van der Waals surface area contributed by atoms with Crippen LogP contribution in [0.2, 0.25) is 0 Å². The van der Waals surface area contributed by atoms with Crippen molar-refractivity contribution in [2.45, 2.75) is 25.9 Å². The minimum atomic E-state index is -0.464. The van der Waals surface area contributed by atoms with Gasteiger partial charge in [-0.05, 0) is 18.6 Å². The standard InChI is InChI=1S/C13H20N2O3/c1-4-11(14)13(16)15-8-9-5-6-10(17-2)7-12(9)18-3/h5-7,11H,4,8,14H2,1-3H3,(H,15,16)/t11-/m1/s1. The SMILES string of the molecule is CC[C@@H](N)C(=O)NCc1ccc(OC)cc1OC. The van der Waals surface area contributed by atoms with Crippen LogP contribution in [-0.2, 0) is 11.3 Å². The van der Waals surface area contributed by atoms with Gasteiger partial charge in [-0.25, -0.2) is 0 Å². The molecule has 1 amide bonds. The molecule has 0 unspecified atom stereocenters. The highest BCUT2D eigenvalue weighted by Gasteiger charge is 2.11. The summed E-state index contributed by atoms with van der Waals surface area (Å²) >= 11 is 0. The molecule has 1 aromatic carbocycles. The van der Waals surface area contributed by atoms with Crippen LogP contribution in [0.4, 0.5) is 0 Å². The average Bonchev–Trinajstić information content (AvgIpc) is 2.43. The molecule has 0 radical (unpaired) electrons. The first-order valence-electron chi connectivity index (χ1n) is 5.86. The largest absolute Gasteiger partial charge is 0.497 e. The second-order valence-electron chi connectivity index (χ2n) is 3.91. The Morgan fingerprint density at radius 1 is 1.39 bits per heavy atom. The molecule has 5 heteroatoms. The van der Waals surface area contributed by atoms with Crippen LogP contribution in [0, 0.1) is 0 Å². The van der Waals surface area contributed by atoms with Crippen molar-refractivity contribution < 1.29 is 14.3 Å². The molecule has 0 bridgehead atoms. The van der Waals surface area contributed by atoms with Crippen molar-refractivity contribution in [2.75, 3.05) is 14.2 Å². The van der Waals surface area contributed by atoms with Gasteiger partial charge < -0.3 is 20.5 Å². The van der Waals surface area contributed by atoms with Gasteiger partial charge >= 0.3 is 0 Å². The topological polar surface area (TPSA) is 73.6 Å². The maximum Gasteiger partial charge on any atom is 0.237 e. The van der Waals surface area contributed by atoms with Gasteiger partial charge in [-0.15, -0.1) is 0 Å². The third-order valence-electron chi connectivity index (χ3n) is 2.72. The van der Waals surface area contributed by atoms with E-state index in [0.717, 1.165) is 5.56 Å². The minimum absolute atomic E-state index is 0.157. The number of methoxy groups -OCH3 is 2.